The van der Waals surface area contributed by atoms with Crippen LogP contribution < -0.4 is 4.74 Å². The number of halogens is 3. The van der Waals surface area contributed by atoms with E-state index in [0.29, 0.717) is 6.61 Å². The van der Waals surface area contributed by atoms with Crippen LogP contribution in [-0.2, 0) is 0 Å². The Bertz CT molecular complexity index is 463. The highest BCUT2D eigenvalue weighted by Gasteiger charge is 2.11. The predicted molar refractivity (Wildman–Crippen MR) is 84.2 cm³/mol. The van der Waals surface area contributed by atoms with E-state index in [1.165, 1.54) is 37.8 Å². The summed E-state index contributed by atoms with van der Waals surface area (Å²) in [5.74, 6) is -0.381. The van der Waals surface area contributed by atoms with Crippen LogP contribution in [0.5, 0.6) is 5.75 Å². The first-order valence-corrected chi connectivity index (χ1v) is 7.39. The Morgan fingerprint density at radius 1 is 1.24 bits per heavy atom. The van der Waals surface area contributed by atoms with Crippen molar-refractivity contribution in [3.63, 3.8) is 0 Å². The number of rotatable bonds is 5. The van der Waals surface area contributed by atoms with Gasteiger partial charge in [-0.3, -0.25) is 9.69 Å². The van der Waals surface area contributed by atoms with Crippen LogP contribution in [0.1, 0.15) is 36.0 Å². The lowest BCUT2D eigenvalue weighted by atomic mass is 10.2. The molecule has 0 saturated carbocycles. The van der Waals surface area contributed by atoms with Crippen LogP contribution in [-0.4, -0.2) is 36.4 Å². The number of carbonyl (C=O) groups is 1. The molecule has 118 valence electrons. The molecule has 1 aromatic carbocycles. The molecular formula is C15H20Cl2FNO2. The molecule has 0 atom stereocenters. The van der Waals surface area contributed by atoms with Gasteiger partial charge in [-0.15, -0.1) is 12.4 Å². The summed E-state index contributed by atoms with van der Waals surface area (Å²) >= 11 is 5.30. The van der Waals surface area contributed by atoms with Crippen molar-refractivity contribution in [1.29, 1.82) is 0 Å². The van der Waals surface area contributed by atoms with Gasteiger partial charge in [0.05, 0.1) is 0 Å². The van der Waals surface area contributed by atoms with Crippen LogP contribution in [0.4, 0.5) is 4.39 Å². The van der Waals surface area contributed by atoms with E-state index in [-0.39, 0.29) is 23.7 Å². The van der Waals surface area contributed by atoms with E-state index in [1.54, 1.807) is 0 Å². The van der Waals surface area contributed by atoms with E-state index in [9.17, 15) is 9.18 Å². The Kier molecular flexibility index (Phi) is 8.01. The maximum atomic E-state index is 13.7. The highest BCUT2D eigenvalue weighted by molar-refractivity contribution is 6.67. The Labute approximate surface area is 135 Å². The molecule has 0 unspecified atom stereocenters. The first-order chi connectivity index (χ1) is 9.66. The van der Waals surface area contributed by atoms with Gasteiger partial charge in [0, 0.05) is 12.1 Å². The number of hydrogen-bond acceptors (Lipinski definition) is 3. The molecule has 2 rings (SSSR count). The van der Waals surface area contributed by atoms with Gasteiger partial charge >= 0.3 is 0 Å². The zero-order valence-corrected chi connectivity index (χ0v) is 13.4. The van der Waals surface area contributed by atoms with Gasteiger partial charge in [-0.25, -0.2) is 4.39 Å². The first-order valence-electron chi connectivity index (χ1n) is 7.01. The van der Waals surface area contributed by atoms with Crippen LogP contribution >= 0.6 is 24.0 Å². The zero-order chi connectivity index (χ0) is 14.4. The molecule has 3 nitrogen and oxygen atoms in total. The molecule has 1 aromatic rings. The highest BCUT2D eigenvalue weighted by atomic mass is 35.5. The lowest BCUT2D eigenvalue weighted by Gasteiger charge is -2.19. The van der Waals surface area contributed by atoms with Crippen molar-refractivity contribution in [3.8, 4) is 5.75 Å². The van der Waals surface area contributed by atoms with E-state index in [1.807, 2.05) is 0 Å². The van der Waals surface area contributed by atoms with Crippen molar-refractivity contribution < 1.29 is 13.9 Å². The normalized spacial score (nSPS) is 15.9. The molecule has 0 aliphatic carbocycles. The summed E-state index contributed by atoms with van der Waals surface area (Å²) in [6.45, 7) is 3.43. The molecule has 0 radical (unpaired) electrons. The summed E-state index contributed by atoms with van der Waals surface area (Å²) in [6.07, 6.45) is 5.03. The number of benzene rings is 1. The third-order valence-electron chi connectivity index (χ3n) is 3.52. The second-order valence-electron chi connectivity index (χ2n) is 5.02. The summed E-state index contributed by atoms with van der Waals surface area (Å²) in [6, 6.07) is 4.03. The highest BCUT2D eigenvalue weighted by Crippen LogP contribution is 2.19. The fourth-order valence-electron chi connectivity index (χ4n) is 2.38. The number of ether oxygens (including phenoxy) is 1. The third-order valence-corrected chi connectivity index (χ3v) is 3.74. The van der Waals surface area contributed by atoms with Crippen molar-refractivity contribution in [2.75, 3.05) is 26.2 Å². The molecule has 0 aromatic heterocycles. The van der Waals surface area contributed by atoms with Crippen molar-refractivity contribution in [2.24, 2.45) is 0 Å². The molecule has 6 heteroatoms. The molecule has 1 aliphatic heterocycles. The topological polar surface area (TPSA) is 29.5 Å². The van der Waals surface area contributed by atoms with E-state index < -0.39 is 11.1 Å². The molecule has 1 heterocycles. The Morgan fingerprint density at radius 2 is 1.90 bits per heavy atom. The largest absolute Gasteiger partial charge is 0.489 e. The Morgan fingerprint density at radius 3 is 2.48 bits per heavy atom. The lowest BCUT2D eigenvalue weighted by Crippen LogP contribution is -2.29. The van der Waals surface area contributed by atoms with Gasteiger partial charge in [-0.1, -0.05) is 12.8 Å². The smallest absolute Gasteiger partial charge is 0.252 e. The van der Waals surface area contributed by atoms with Gasteiger partial charge in [0.25, 0.3) is 5.24 Å². The Hall–Kier alpha value is -0.840. The number of likely N-dealkylation sites (tertiary alicyclic amines) is 1. The van der Waals surface area contributed by atoms with Gasteiger partial charge in [-0.05, 0) is 55.7 Å². The number of nitrogens with zero attached hydrogens (tertiary/aromatic N) is 1. The summed E-state index contributed by atoms with van der Waals surface area (Å²) in [4.78, 5) is 13.3. The summed E-state index contributed by atoms with van der Waals surface area (Å²) in [5, 5.41) is -0.667. The van der Waals surface area contributed by atoms with Crippen LogP contribution in [0.25, 0.3) is 0 Å². The van der Waals surface area contributed by atoms with Crippen LogP contribution in [0.2, 0.25) is 0 Å². The summed E-state index contributed by atoms with van der Waals surface area (Å²) in [5.41, 5.74) is 0.143. The molecule has 0 spiro atoms. The fraction of sp³-hybridized carbons (Fsp3) is 0.533. The fourth-order valence-corrected chi connectivity index (χ4v) is 2.50. The molecule has 1 saturated heterocycles. The Balaban J connectivity index is 0.00000220. The predicted octanol–water partition coefficient (Wildman–Crippen LogP) is 3.88. The van der Waals surface area contributed by atoms with E-state index >= 15 is 0 Å². The molecule has 1 aliphatic rings. The maximum Gasteiger partial charge on any atom is 0.252 e. The SMILES string of the molecule is Cl.O=C(Cl)c1ccc(OCCN2CCCCCC2)c(F)c1. The van der Waals surface area contributed by atoms with Gasteiger partial charge in [-0.2, -0.15) is 0 Å². The molecular weight excluding hydrogens is 316 g/mol. The van der Waals surface area contributed by atoms with Gasteiger partial charge in [0.2, 0.25) is 0 Å². The maximum absolute atomic E-state index is 13.7. The lowest BCUT2D eigenvalue weighted by molar-refractivity contribution is 0.108. The van der Waals surface area contributed by atoms with Crippen LogP contribution in [0, 0.1) is 5.82 Å². The van der Waals surface area contributed by atoms with Crippen molar-refractivity contribution in [3.05, 3.63) is 29.6 Å². The van der Waals surface area contributed by atoms with E-state index in [2.05, 4.69) is 4.90 Å². The van der Waals surface area contributed by atoms with Crippen molar-refractivity contribution in [2.45, 2.75) is 25.7 Å². The average Bonchev–Trinajstić information content (AvgIpc) is 2.69. The monoisotopic (exact) mass is 335 g/mol. The van der Waals surface area contributed by atoms with Crippen LogP contribution in [0.3, 0.4) is 0 Å². The molecule has 21 heavy (non-hydrogen) atoms. The van der Waals surface area contributed by atoms with Crippen LogP contribution in [0.15, 0.2) is 18.2 Å². The van der Waals surface area contributed by atoms with E-state index in [4.69, 9.17) is 16.3 Å². The molecule has 0 amide bonds. The summed E-state index contributed by atoms with van der Waals surface area (Å²) in [7, 11) is 0. The molecule has 1 fully saturated rings. The minimum absolute atomic E-state index is 0. The van der Waals surface area contributed by atoms with Gasteiger partial charge in [0.1, 0.15) is 6.61 Å². The third kappa shape index (κ3) is 5.81. The second-order valence-corrected chi connectivity index (χ2v) is 5.37. The van der Waals surface area contributed by atoms with Gasteiger partial charge in [0.15, 0.2) is 11.6 Å². The first kappa shape index (κ1) is 18.2. The number of carbonyl (C=O) groups excluding carboxylic acids is 1. The molecule has 0 N–H and O–H groups in total. The quantitative estimate of drug-likeness (QED) is 0.764. The summed E-state index contributed by atoms with van der Waals surface area (Å²) < 4.78 is 19.1. The van der Waals surface area contributed by atoms with Crippen molar-refractivity contribution >= 4 is 29.3 Å². The zero-order valence-electron chi connectivity index (χ0n) is 11.8. The van der Waals surface area contributed by atoms with Crippen molar-refractivity contribution in [1.82, 2.24) is 4.90 Å². The minimum atomic E-state index is -0.667. The van der Waals surface area contributed by atoms with Gasteiger partial charge < -0.3 is 4.74 Å². The van der Waals surface area contributed by atoms with E-state index in [0.717, 1.165) is 25.7 Å². The second kappa shape index (κ2) is 9.23. The number of hydrogen-bond donors (Lipinski definition) is 0. The average molecular weight is 336 g/mol. The minimum Gasteiger partial charge on any atom is -0.489 e. The molecule has 0 bridgehead atoms. The standard InChI is InChI=1S/C15H19ClFNO2.ClH/c16-15(19)12-5-6-14(13(17)11-12)20-10-9-18-7-3-1-2-4-8-18;/h5-6,11H,1-4,7-10H2;1H.